The van der Waals surface area contributed by atoms with E-state index in [1.165, 1.54) is 0 Å². The first-order chi connectivity index (χ1) is 5.42. The average Bonchev–Trinajstić information content (AvgIpc) is 2.13. The topological polar surface area (TPSA) is 38.5 Å². The molecular formula is C8H13NO2S. The molecule has 4 heteroatoms. The lowest BCUT2D eigenvalue weighted by Gasteiger charge is -2.21. The normalized spacial score (nSPS) is 31.2. The van der Waals surface area contributed by atoms with Crippen LogP contribution in [0.15, 0.2) is 0 Å². The molecule has 0 N–H and O–H groups in total. The molecule has 1 unspecified atom stereocenters. The van der Waals surface area contributed by atoms with Crippen molar-refractivity contribution in [2.75, 3.05) is 12.3 Å². The molecule has 68 valence electrons. The molecule has 0 aliphatic carbocycles. The summed E-state index contributed by atoms with van der Waals surface area (Å²) in [6.07, 6.45) is 0.651. The first-order valence-electron chi connectivity index (χ1n) is 3.97. The van der Waals surface area contributed by atoms with Gasteiger partial charge in [-0.2, -0.15) is 0 Å². The minimum Gasteiger partial charge on any atom is -0.317 e. The predicted molar refractivity (Wildman–Crippen MR) is 47.4 cm³/mol. The fraction of sp³-hybridized carbons (Fsp3) is 0.875. The standard InChI is InChI=1S/C8H13NO2S/c1-8(2)7(6-9-3)4-5-12(8,10)11/h7H,4-6H2,1-2H3. The van der Waals surface area contributed by atoms with E-state index < -0.39 is 14.6 Å². The maximum absolute atomic E-state index is 11.5. The van der Waals surface area contributed by atoms with Crippen molar-refractivity contribution in [1.82, 2.24) is 0 Å². The summed E-state index contributed by atoms with van der Waals surface area (Å²) < 4.78 is 22.2. The van der Waals surface area contributed by atoms with Gasteiger partial charge in [0.15, 0.2) is 9.84 Å². The van der Waals surface area contributed by atoms with Gasteiger partial charge < -0.3 is 4.85 Å². The first kappa shape index (κ1) is 9.53. The highest BCUT2D eigenvalue weighted by atomic mass is 32.2. The lowest BCUT2D eigenvalue weighted by molar-refractivity contribution is 0.448. The van der Waals surface area contributed by atoms with Crippen LogP contribution in [0, 0.1) is 12.5 Å². The molecule has 1 fully saturated rings. The number of hydrogen-bond acceptors (Lipinski definition) is 2. The van der Waals surface area contributed by atoms with Crippen LogP contribution in [0.2, 0.25) is 0 Å². The lowest BCUT2D eigenvalue weighted by atomic mass is 9.93. The summed E-state index contributed by atoms with van der Waals surface area (Å²) in [5.74, 6) is 0.278. The Balaban J connectivity index is 2.95. The van der Waals surface area contributed by atoms with Crippen LogP contribution < -0.4 is 0 Å². The van der Waals surface area contributed by atoms with E-state index in [1.54, 1.807) is 13.8 Å². The summed E-state index contributed by atoms with van der Waals surface area (Å²) in [4.78, 5) is 3.26. The van der Waals surface area contributed by atoms with Crippen LogP contribution in [0.3, 0.4) is 0 Å². The van der Waals surface area contributed by atoms with Crippen LogP contribution in [0.1, 0.15) is 20.3 Å². The molecule has 0 spiro atoms. The van der Waals surface area contributed by atoms with Crippen molar-refractivity contribution in [2.24, 2.45) is 5.92 Å². The zero-order chi connectivity index (χ0) is 9.41. The molecule has 1 aliphatic heterocycles. The Kier molecular flexibility index (Phi) is 2.17. The van der Waals surface area contributed by atoms with Gasteiger partial charge >= 0.3 is 0 Å². The van der Waals surface area contributed by atoms with E-state index in [1.807, 2.05) is 0 Å². The molecule has 0 aromatic rings. The molecule has 12 heavy (non-hydrogen) atoms. The Labute approximate surface area is 73.5 Å². The van der Waals surface area contributed by atoms with Crippen LogP contribution in [0.5, 0.6) is 0 Å². The SMILES string of the molecule is [C-]#[N+]CC1CCS(=O)(=O)C1(C)C. The number of hydrogen-bond donors (Lipinski definition) is 0. The van der Waals surface area contributed by atoms with Crippen LogP contribution in [0.4, 0.5) is 0 Å². The van der Waals surface area contributed by atoms with Gasteiger partial charge in [0.05, 0.1) is 16.4 Å². The van der Waals surface area contributed by atoms with E-state index in [4.69, 9.17) is 6.57 Å². The highest BCUT2D eigenvalue weighted by molar-refractivity contribution is 7.93. The molecule has 0 bridgehead atoms. The molecule has 1 aliphatic rings. The maximum Gasteiger partial charge on any atom is 0.219 e. The predicted octanol–water partition coefficient (Wildman–Crippen LogP) is 1.12. The monoisotopic (exact) mass is 187 g/mol. The molecule has 0 saturated carbocycles. The van der Waals surface area contributed by atoms with Gasteiger partial charge in [-0.3, -0.25) is 0 Å². The molecule has 0 aromatic heterocycles. The van der Waals surface area contributed by atoms with E-state index in [0.29, 0.717) is 13.0 Å². The number of sulfone groups is 1. The molecule has 0 aromatic carbocycles. The molecule has 1 saturated heterocycles. The summed E-state index contributed by atoms with van der Waals surface area (Å²) in [6, 6.07) is 0. The Bertz CT molecular complexity index is 310. The molecular weight excluding hydrogens is 174 g/mol. The van der Waals surface area contributed by atoms with E-state index in [0.717, 1.165) is 0 Å². The molecule has 1 rings (SSSR count). The van der Waals surface area contributed by atoms with Gasteiger partial charge in [0.25, 0.3) is 0 Å². The quantitative estimate of drug-likeness (QED) is 0.577. The second-order valence-corrected chi connectivity index (χ2v) is 6.44. The molecule has 0 radical (unpaired) electrons. The van der Waals surface area contributed by atoms with Crippen LogP contribution in [0.25, 0.3) is 4.85 Å². The zero-order valence-electron chi connectivity index (χ0n) is 7.37. The van der Waals surface area contributed by atoms with Gasteiger partial charge in [0, 0.05) is 0 Å². The van der Waals surface area contributed by atoms with Gasteiger partial charge in [-0.1, -0.05) is 0 Å². The van der Waals surface area contributed by atoms with Crippen molar-refractivity contribution in [1.29, 1.82) is 0 Å². The van der Waals surface area contributed by atoms with E-state index >= 15 is 0 Å². The fourth-order valence-electron chi connectivity index (χ4n) is 1.58. The lowest BCUT2D eigenvalue weighted by Crippen LogP contribution is -2.34. The highest BCUT2D eigenvalue weighted by Gasteiger charge is 2.48. The van der Waals surface area contributed by atoms with E-state index in [-0.39, 0.29) is 11.7 Å². The molecule has 0 amide bonds. The average molecular weight is 187 g/mol. The van der Waals surface area contributed by atoms with Gasteiger partial charge in [0.1, 0.15) is 0 Å². The highest BCUT2D eigenvalue weighted by Crippen LogP contribution is 2.37. The Morgan fingerprint density at radius 3 is 2.50 bits per heavy atom. The summed E-state index contributed by atoms with van der Waals surface area (Å²) in [5, 5.41) is 0. The summed E-state index contributed by atoms with van der Waals surface area (Å²) in [6.45, 7) is 10.5. The van der Waals surface area contributed by atoms with E-state index in [9.17, 15) is 8.42 Å². The van der Waals surface area contributed by atoms with Crippen LogP contribution in [-0.4, -0.2) is 25.5 Å². The van der Waals surface area contributed by atoms with Gasteiger partial charge in [0.2, 0.25) is 6.54 Å². The Morgan fingerprint density at radius 2 is 2.17 bits per heavy atom. The fourth-order valence-corrected chi connectivity index (χ4v) is 3.40. The molecule has 1 heterocycles. The molecule has 3 nitrogen and oxygen atoms in total. The Morgan fingerprint density at radius 1 is 1.58 bits per heavy atom. The van der Waals surface area contributed by atoms with Gasteiger partial charge in [-0.25, -0.2) is 15.0 Å². The summed E-state index contributed by atoms with van der Waals surface area (Å²) in [7, 11) is -2.94. The minimum absolute atomic E-state index is 0.0278. The van der Waals surface area contributed by atoms with E-state index in [2.05, 4.69) is 4.85 Å². The van der Waals surface area contributed by atoms with Crippen molar-refractivity contribution in [3.63, 3.8) is 0 Å². The summed E-state index contributed by atoms with van der Waals surface area (Å²) >= 11 is 0. The molecule has 1 atom stereocenters. The second kappa shape index (κ2) is 2.74. The third kappa shape index (κ3) is 1.22. The van der Waals surface area contributed by atoms with Crippen molar-refractivity contribution >= 4 is 9.84 Å². The van der Waals surface area contributed by atoms with Crippen LogP contribution in [-0.2, 0) is 9.84 Å². The largest absolute Gasteiger partial charge is 0.317 e. The van der Waals surface area contributed by atoms with Gasteiger partial charge in [-0.15, -0.1) is 0 Å². The van der Waals surface area contributed by atoms with Gasteiger partial charge in [-0.05, 0) is 20.3 Å². The third-order valence-electron chi connectivity index (χ3n) is 2.83. The third-order valence-corrected chi connectivity index (χ3v) is 5.54. The minimum atomic E-state index is -2.94. The Hall–Kier alpha value is -0.560. The zero-order valence-corrected chi connectivity index (χ0v) is 8.19. The summed E-state index contributed by atoms with van der Waals surface area (Å²) in [5.41, 5.74) is 0. The maximum atomic E-state index is 11.5. The van der Waals surface area contributed by atoms with Crippen LogP contribution >= 0.6 is 0 Å². The number of nitrogens with zero attached hydrogens (tertiary/aromatic N) is 1. The van der Waals surface area contributed by atoms with Crippen molar-refractivity contribution < 1.29 is 8.42 Å². The van der Waals surface area contributed by atoms with Crippen molar-refractivity contribution in [3.05, 3.63) is 11.4 Å². The first-order valence-corrected chi connectivity index (χ1v) is 5.62. The van der Waals surface area contributed by atoms with Crippen molar-refractivity contribution in [2.45, 2.75) is 25.0 Å². The number of rotatable bonds is 1. The smallest absolute Gasteiger partial charge is 0.219 e. The van der Waals surface area contributed by atoms with Crippen molar-refractivity contribution in [3.8, 4) is 0 Å². The second-order valence-electron chi connectivity index (χ2n) is 3.75.